The van der Waals surface area contributed by atoms with Gasteiger partial charge in [-0.3, -0.25) is 15.0 Å². The van der Waals surface area contributed by atoms with E-state index in [0.717, 1.165) is 6.42 Å². The third kappa shape index (κ3) is 4.85. The Balaban J connectivity index is 2.12. The summed E-state index contributed by atoms with van der Waals surface area (Å²) in [5.41, 5.74) is 5.50. The highest BCUT2D eigenvalue weighted by atomic mass is 19.1. The number of carbonyl (C=O) groups is 2. The first-order valence-corrected chi connectivity index (χ1v) is 8.51. The van der Waals surface area contributed by atoms with Crippen LogP contribution in [0.4, 0.5) is 20.6 Å². The molecule has 0 aromatic heterocycles. The molecule has 1 aromatic carbocycles. The number of halogens is 1. The second kappa shape index (κ2) is 7.90. The zero-order valence-corrected chi connectivity index (χ0v) is 15.6. The molecular weight excluding hydrogens is 341 g/mol. The number of hydrogen-bond acceptors (Lipinski definition) is 6. The van der Waals surface area contributed by atoms with Gasteiger partial charge >= 0.3 is 12.1 Å². The van der Waals surface area contributed by atoms with Crippen LogP contribution in [0.3, 0.4) is 0 Å². The van der Waals surface area contributed by atoms with E-state index in [-0.39, 0.29) is 29.9 Å². The van der Waals surface area contributed by atoms with E-state index in [1.165, 1.54) is 13.2 Å². The van der Waals surface area contributed by atoms with E-state index in [4.69, 9.17) is 15.2 Å². The summed E-state index contributed by atoms with van der Waals surface area (Å²) in [6.07, 6.45) is 0.818. The Morgan fingerprint density at radius 3 is 2.69 bits per heavy atom. The minimum Gasteiger partial charge on any atom is -0.468 e. The molecule has 1 aromatic rings. The third-order valence-electron chi connectivity index (χ3n) is 4.11. The lowest BCUT2D eigenvalue weighted by Crippen LogP contribution is -2.36. The molecule has 0 bridgehead atoms. The number of amides is 1. The number of benzene rings is 1. The smallest absolute Gasteiger partial charge is 0.412 e. The highest BCUT2D eigenvalue weighted by Gasteiger charge is 2.32. The van der Waals surface area contributed by atoms with Gasteiger partial charge in [-0.15, -0.1) is 0 Å². The first kappa shape index (κ1) is 20.0. The fraction of sp³-hybridized carbons (Fsp3) is 0.556. The summed E-state index contributed by atoms with van der Waals surface area (Å²) in [5, 5.41) is 2.45. The molecule has 0 spiro atoms. The van der Waals surface area contributed by atoms with Crippen molar-refractivity contribution in [2.24, 2.45) is 0 Å². The van der Waals surface area contributed by atoms with Crippen LogP contribution in [0.25, 0.3) is 0 Å². The van der Waals surface area contributed by atoms with Crippen molar-refractivity contribution >= 4 is 23.4 Å². The van der Waals surface area contributed by atoms with Crippen molar-refractivity contribution in [1.29, 1.82) is 0 Å². The average Bonchev–Trinajstić information content (AvgIpc) is 3.00. The Morgan fingerprint density at radius 1 is 1.38 bits per heavy atom. The average molecular weight is 367 g/mol. The monoisotopic (exact) mass is 367 g/mol. The number of carbonyl (C=O) groups excluding carboxylic acids is 2. The molecule has 1 amide bonds. The standard InChI is InChI=1S/C18H26FN3O4/c1-18(2,3)26-17(24)21-12-8-7-11(14(19)15(12)20)10-22-9-5-6-13(22)16(23)25-4/h7-8,13H,5-6,9-10,20H2,1-4H3,(H,21,24)/t13-/m0/s1. The number of ether oxygens (including phenoxy) is 2. The van der Waals surface area contributed by atoms with E-state index in [0.29, 0.717) is 18.5 Å². The topological polar surface area (TPSA) is 93.9 Å². The predicted octanol–water partition coefficient (Wildman–Crippen LogP) is 2.89. The molecule has 1 atom stereocenters. The van der Waals surface area contributed by atoms with Crippen LogP contribution in [-0.4, -0.2) is 42.3 Å². The van der Waals surface area contributed by atoms with Gasteiger partial charge in [-0.2, -0.15) is 0 Å². The second-order valence-electron chi connectivity index (χ2n) is 7.28. The summed E-state index contributed by atoms with van der Waals surface area (Å²) in [5.74, 6) is -0.937. The molecule has 0 saturated carbocycles. The van der Waals surface area contributed by atoms with Crippen molar-refractivity contribution in [2.45, 2.75) is 51.8 Å². The maximum Gasteiger partial charge on any atom is 0.412 e. The van der Waals surface area contributed by atoms with Crippen molar-refractivity contribution in [3.8, 4) is 0 Å². The molecule has 144 valence electrons. The number of methoxy groups -OCH3 is 1. The van der Waals surface area contributed by atoms with Gasteiger partial charge in [-0.05, 0) is 46.2 Å². The van der Waals surface area contributed by atoms with Crippen LogP contribution in [0, 0.1) is 5.82 Å². The number of nitrogens with zero attached hydrogens (tertiary/aromatic N) is 1. The van der Waals surface area contributed by atoms with E-state index in [2.05, 4.69) is 5.32 Å². The molecule has 1 aliphatic heterocycles. The highest BCUT2D eigenvalue weighted by molar-refractivity contribution is 5.89. The maximum atomic E-state index is 14.7. The lowest BCUT2D eigenvalue weighted by atomic mass is 10.1. The van der Waals surface area contributed by atoms with E-state index in [1.54, 1.807) is 26.8 Å². The quantitative estimate of drug-likeness (QED) is 0.628. The largest absolute Gasteiger partial charge is 0.468 e. The van der Waals surface area contributed by atoms with Crippen molar-refractivity contribution in [3.63, 3.8) is 0 Å². The SMILES string of the molecule is COC(=O)[C@@H]1CCCN1Cc1ccc(NC(=O)OC(C)(C)C)c(N)c1F. The van der Waals surface area contributed by atoms with Crippen LogP contribution in [0.1, 0.15) is 39.2 Å². The summed E-state index contributed by atoms with van der Waals surface area (Å²) in [6, 6.07) is 2.70. The molecule has 0 unspecified atom stereocenters. The van der Waals surface area contributed by atoms with E-state index >= 15 is 0 Å². The van der Waals surface area contributed by atoms with Gasteiger partial charge in [0.2, 0.25) is 0 Å². The van der Waals surface area contributed by atoms with Gasteiger partial charge in [0, 0.05) is 12.1 Å². The Morgan fingerprint density at radius 2 is 2.08 bits per heavy atom. The van der Waals surface area contributed by atoms with Crippen LogP contribution >= 0.6 is 0 Å². The van der Waals surface area contributed by atoms with Gasteiger partial charge in [0.05, 0.1) is 18.5 Å². The van der Waals surface area contributed by atoms with Crippen molar-refractivity contribution in [1.82, 2.24) is 4.90 Å². The number of rotatable bonds is 4. The van der Waals surface area contributed by atoms with Gasteiger partial charge in [0.15, 0.2) is 5.82 Å². The van der Waals surface area contributed by atoms with Crippen LogP contribution < -0.4 is 11.1 Å². The van der Waals surface area contributed by atoms with Crippen LogP contribution in [0.2, 0.25) is 0 Å². The maximum absolute atomic E-state index is 14.7. The van der Waals surface area contributed by atoms with Crippen molar-refractivity contribution in [3.05, 3.63) is 23.5 Å². The summed E-state index contributed by atoms with van der Waals surface area (Å²) in [4.78, 5) is 25.5. The van der Waals surface area contributed by atoms with E-state index in [9.17, 15) is 14.0 Å². The Kier molecular flexibility index (Phi) is 6.07. The van der Waals surface area contributed by atoms with E-state index < -0.39 is 17.5 Å². The van der Waals surface area contributed by atoms with E-state index in [1.807, 2.05) is 4.90 Å². The number of likely N-dealkylation sites (tertiary alicyclic amines) is 1. The number of nitrogen functional groups attached to an aromatic ring is 1. The molecule has 1 heterocycles. The molecule has 2 rings (SSSR count). The Labute approximate surface area is 152 Å². The molecule has 1 aliphatic rings. The van der Waals surface area contributed by atoms with Gasteiger partial charge in [-0.1, -0.05) is 6.07 Å². The Hall–Kier alpha value is -2.35. The molecule has 8 heteroatoms. The zero-order chi connectivity index (χ0) is 19.5. The minimum absolute atomic E-state index is 0.145. The lowest BCUT2D eigenvalue weighted by molar-refractivity contribution is -0.146. The zero-order valence-electron chi connectivity index (χ0n) is 15.6. The van der Waals surface area contributed by atoms with Gasteiger partial charge in [-0.25, -0.2) is 9.18 Å². The first-order chi connectivity index (χ1) is 12.1. The lowest BCUT2D eigenvalue weighted by Gasteiger charge is -2.23. The molecule has 26 heavy (non-hydrogen) atoms. The molecular formula is C18H26FN3O4. The fourth-order valence-corrected chi connectivity index (χ4v) is 2.92. The second-order valence-corrected chi connectivity index (χ2v) is 7.28. The van der Waals surface area contributed by atoms with Crippen LogP contribution in [-0.2, 0) is 20.8 Å². The van der Waals surface area contributed by atoms with Crippen LogP contribution in [0.15, 0.2) is 12.1 Å². The molecule has 0 aliphatic carbocycles. The first-order valence-electron chi connectivity index (χ1n) is 8.51. The fourth-order valence-electron chi connectivity index (χ4n) is 2.92. The predicted molar refractivity (Wildman–Crippen MR) is 96.1 cm³/mol. The number of nitrogens with two attached hydrogens (primary N) is 1. The number of anilines is 2. The summed E-state index contributed by atoms with van der Waals surface area (Å²) in [7, 11) is 1.34. The Bertz CT molecular complexity index is 688. The van der Waals surface area contributed by atoms with Gasteiger partial charge in [0.25, 0.3) is 0 Å². The number of hydrogen-bond donors (Lipinski definition) is 2. The minimum atomic E-state index is -0.707. The number of nitrogens with one attached hydrogen (secondary N) is 1. The molecule has 0 radical (unpaired) electrons. The summed E-state index contributed by atoms with van der Waals surface area (Å²) >= 11 is 0. The van der Waals surface area contributed by atoms with Crippen molar-refractivity contribution < 1.29 is 23.5 Å². The van der Waals surface area contributed by atoms with Crippen molar-refractivity contribution in [2.75, 3.05) is 24.7 Å². The molecule has 1 fully saturated rings. The normalized spacial score (nSPS) is 17.8. The molecule has 7 nitrogen and oxygen atoms in total. The molecule has 3 N–H and O–H groups in total. The number of esters is 1. The highest BCUT2D eigenvalue weighted by Crippen LogP contribution is 2.28. The van der Waals surface area contributed by atoms with Crippen LogP contribution in [0.5, 0.6) is 0 Å². The van der Waals surface area contributed by atoms with Gasteiger partial charge in [0.1, 0.15) is 11.6 Å². The van der Waals surface area contributed by atoms with Gasteiger partial charge < -0.3 is 15.2 Å². The summed E-state index contributed by atoms with van der Waals surface area (Å²) < 4.78 is 24.6. The summed E-state index contributed by atoms with van der Waals surface area (Å²) in [6.45, 7) is 6.10. The third-order valence-corrected chi connectivity index (χ3v) is 4.11. The molecule has 1 saturated heterocycles.